The second-order valence-corrected chi connectivity index (χ2v) is 6.14. The van der Waals surface area contributed by atoms with Crippen LogP contribution in [0.2, 0.25) is 0 Å². The standard InChI is InChI=1S/C17H26ClNO/c1-3-6-15-9-14(12-18)11-17(19-15)20-16-8-5-7-13(4-2)10-16/h9,11,13,16H,3-8,10,12H2,1-2H3. The maximum Gasteiger partial charge on any atom is 0.214 e. The summed E-state index contributed by atoms with van der Waals surface area (Å²) in [5, 5.41) is 0. The van der Waals surface area contributed by atoms with Gasteiger partial charge in [-0.2, -0.15) is 0 Å². The van der Waals surface area contributed by atoms with Crippen LogP contribution in [0, 0.1) is 5.92 Å². The third-order valence-electron chi connectivity index (χ3n) is 4.17. The van der Waals surface area contributed by atoms with Gasteiger partial charge in [-0.3, -0.25) is 0 Å². The molecule has 2 nitrogen and oxygen atoms in total. The Bertz CT molecular complexity index is 421. The summed E-state index contributed by atoms with van der Waals surface area (Å²) in [6.07, 6.45) is 8.64. The van der Waals surface area contributed by atoms with Crippen LogP contribution in [0.3, 0.4) is 0 Å². The van der Waals surface area contributed by atoms with Gasteiger partial charge in [0.1, 0.15) is 6.10 Å². The normalized spacial score (nSPS) is 22.8. The van der Waals surface area contributed by atoms with E-state index in [1.807, 2.05) is 6.07 Å². The molecule has 0 N–H and O–H groups in total. The Morgan fingerprint density at radius 2 is 2.15 bits per heavy atom. The quantitative estimate of drug-likeness (QED) is 0.680. The Hall–Kier alpha value is -0.760. The van der Waals surface area contributed by atoms with Crippen LogP contribution in [-0.2, 0) is 12.3 Å². The first-order chi connectivity index (χ1) is 9.75. The summed E-state index contributed by atoms with van der Waals surface area (Å²) in [6, 6.07) is 4.10. The molecule has 2 unspecified atom stereocenters. The molecule has 112 valence electrons. The number of rotatable bonds is 6. The number of pyridine rings is 1. The highest BCUT2D eigenvalue weighted by molar-refractivity contribution is 6.17. The lowest BCUT2D eigenvalue weighted by Gasteiger charge is -2.28. The van der Waals surface area contributed by atoms with E-state index in [0.29, 0.717) is 12.0 Å². The van der Waals surface area contributed by atoms with E-state index in [4.69, 9.17) is 16.3 Å². The fraction of sp³-hybridized carbons (Fsp3) is 0.706. The third kappa shape index (κ3) is 4.37. The first kappa shape index (κ1) is 15.6. The number of hydrogen-bond donors (Lipinski definition) is 0. The second-order valence-electron chi connectivity index (χ2n) is 5.87. The Morgan fingerprint density at radius 3 is 2.85 bits per heavy atom. The van der Waals surface area contributed by atoms with Gasteiger partial charge in [-0.25, -0.2) is 4.98 Å². The Labute approximate surface area is 127 Å². The maximum atomic E-state index is 6.15. The highest BCUT2D eigenvalue weighted by atomic mass is 35.5. The molecule has 0 amide bonds. The number of ether oxygens (including phenoxy) is 1. The Kier molecular flexibility index (Phi) is 6.15. The molecular formula is C17H26ClNO. The molecule has 1 aromatic heterocycles. The van der Waals surface area contributed by atoms with Crippen LogP contribution in [0.5, 0.6) is 5.88 Å². The lowest BCUT2D eigenvalue weighted by Crippen LogP contribution is -2.25. The molecule has 1 aliphatic rings. The predicted molar refractivity (Wildman–Crippen MR) is 84.5 cm³/mol. The van der Waals surface area contributed by atoms with Gasteiger partial charge in [-0.1, -0.05) is 33.1 Å². The molecule has 0 aliphatic heterocycles. The summed E-state index contributed by atoms with van der Waals surface area (Å²) < 4.78 is 6.15. The van der Waals surface area contributed by atoms with E-state index in [0.717, 1.165) is 42.3 Å². The average molecular weight is 296 g/mol. The van der Waals surface area contributed by atoms with Gasteiger partial charge in [0.15, 0.2) is 0 Å². The van der Waals surface area contributed by atoms with Crippen molar-refractivity contribution in [3.8, 4) is 5.88 Å². The highest BCUT2D eigenvalue weighted by Crippen LogP contribution is 2.29. The molecule has 0 radical (unpaired) electrons. The van der Waals surface area contributed by atoms with Crippen molar-refractivity contribution in [1.29, 1.82) is 0 Å². The molecule has 1 saturated carbocycles. The minimum Gasteiger partial charge on any atom is -0.474 e. The monoisotopic (exact) mass is 295 g/mol. The highest BCUT2D eigenvalue weighted by Gasteiger charge is 2.22. The molecule has 0 aromatic carbocycles. The van der Waals surface area contributed by atoms with Gasteiger partial charge < -0.3 is 4.74 Å². The number of aromatic nitrogens is 1. The van der Waals surface area contributed by atoms with Crippen molar-refractivity contribution in [3.05, 3.63) is 23.4 Å². The average Bonchev–Trinajstić information content (AvgIpc) is 2.47. The fourth-order valence-corrected chi connectivity index (χ4v) is 3.19. The first-order valence-corrected chi connectivity index (χ1v) is 8.51. The van der Waals surface area contributed by atoms with Crippen LogP contribution in [0.15, 0.2) is 12.1 Å². The van der Waals surface area contributed by atoms with Crippen LogP contribution >= 0.6 is 11.6 Å². The lowest BCUT2D eigenvalue weighted by atomic mass is 9.85. The van der Waals surface area contributed by atoms with Gasteiger partial charge >= 0.3 is 0 Å². The fourth-order valence-electron chi connectivity index (χ4n) is 3.03. The molecule has 0 bridgehead atoms. The van der Waals surface area contributed by atoms with E-state index < -0.39 is 0 Å². The number of hydrogen-bond acceptors (Lipinski definition) is 2. The summed E-state index contributed by atoms with van der Waals surface area (Å²) in [7, 11) is 0. The summed E-state index contributed by atoms with van der Waals surface area (Å²) in [5.41, 5.74) is 2.21. The SMILES string of the molecule is CCCc1cc(CCl)cc(OC2CCCC(CC)C2)n1. The molecule has 1 fully saturated rings. The molecule has 2 atom stereocenters. The van der Waals surface area contributed by atoms with Crippen LogP contribution in [0.4, 0.5) is 0 Å². The molecular weight excluding hydrogens is 270 g/mol. The van der Waals surface area contributed by atoms with Crippen LogP contribution < -0.4 is 4.74 Å². The predicted octanol–water partition coefficient (Wildman–Crippen LogP) is 5.12. The zero-order valence-corrected chi connectivity index (χ0v) is 13.5. The molecule has 20 heavy (non-hydrogen) atoms. The third-order valence-corrected chi connectivity index (χ3v) is 4.48. The summed E-state index contributed by atoms with van der Waals surface area (Å²) in [5.74, 6) is 2.12. The number of alkyl halides is 1. The summed E-state index contributed by atoms with van der Waals surface area (Å²) in [4.78, 5) is 4.64. The van der Waals surface area contributed by atoms with E-state index in [1.165, 1.54) is 25.7 Å². The lowest BCUT2D eigenvalue weighted by molar-refractivity contribution is 0.117. The van der Waals surface area contributed by atoms with Crippen molar-refractivity contribution < 1.29 is 4.74 Å². The number of halogens is 1. The molecule has 0 spiro atoms. The zero-order valence-electron chi connectivity index (χ0n) is 12.7. The molecule has 1 aromatic rings. The molecule has 1 heterocycles. The minimum absolute atomic E-state index is 0.334. The van der Waals surface area contributed by atoms with Crippen molar-refractivity contribution in [2.75, 3.05) is 0 Å². The van der Waals surface area contributed by atoms with Gasteiger partial charge in [0, 0.05) is 17.6 Å². The summed E-state index contributed by atoms with van der Waals surface area (Å²) >= 11 is 5.98. The van der Waals surface area contributed by atoms with E-state index in [2.05, 4.69) is 24.9 Å². The van der Waals surface area contributed by atoms with Crippen LogP contribution in [0.25, 0.3) is 0 Å². The topological polar surface area (TPSA) is 22.1 Å². The van der Waals surface area contributed by atoms with Gasteiger partial charge in [0.25, 0.3) is 0 Å². The second kappa shape index (κ2) is 7.87. The number of aryl methyl sites for hydroxylation is 1. The van der Waals surface area contributed by atoms with Gasteiger partial charge in [0.05, 0.1) is 0 Å². The molecule has 1 aliphatic carbocycles. The smallest absolute Gasteiger partial charge is 0.214 e. The Morgan fingerprint density at radius 1 is 1.30 bits per heavy atom. The van der Waals surface area contributed by atoms with Crippen molar-refractivity contribution in [2.24, 2.45) is 5.92 Å². The first-order valence-electron chi connectivity index (χ1n) is 7.97. The van der Waals surface area contributed by atoms with Gasteiger partial charge in [-0.15, -0.1) is 11.6 Å². The van der Waals surface area contributed by atoms with E-state index in [-0.39, 0.29) is 0 Å². The van der Waals surface area contributed by atoms with Gasteiger partial charge in [0.2, 0.25) is 5.88 Å². The van der Waals surface area contributed by atoms with Crippen molar-refractivity contribution in [2.45, 2.75) is 70.8 Å². The van der Waals surface area contributed by atoms with Crippen LogP contribution in [-0.4, -0.2) is 11.1 Å². The van der Waals surface area contributed by atoms with E-state index in [9.17, 15) is 0 Å². The van der Waals surface area contributed by atoms with Crippen LogP contribution in [0.1, 0.15) is 63.6 Å². The van der Waals surface area contributed by atoms with E-state index >= 15 is 0 Å². The minimum atomic E-state index is 0.334. The van der Waals surface area contributed by atoms with E-state index in [1.54, 1.807) is 0 Å². The Balaban J connectivity index is 2.05. The van der Waals surface area contributed by atoms with Gasteiger partial charge in [-0.05, 0) is 43.2 Å². The van der Waals surface area contributed by atoms with Crippen molar-refractivity contribution >= 4 is 11.6 Å². The number of nitrogens with zero attached hydrogens (tertiary/aromatic N) is 1. The zero-order chi connectivity index (χ0) is 14.4. The van der Waals surface area contributed by atoms with Crippen molar-refractivity contribution in [1.82, 2.24) is 4.98 Å². The molecule has 3 heteroatoms. The summed E-state index contributed by atoms with van der Waals surface area (Å²) in [6.45, 7) is 4.45. The molecule has 2 rings (SSSR count). The van der Waals surface area contributed by atoms with Crippen molar-refractivity contribution in [3.63, 3.8) is 0 Å². The largest absolute Gasteiger partial charge is 0.474 e. The molecule has 0 saturated heterocycles. The maximum absolute atomic E-state index is 6.15.